The summed E-state index contributed by atoms with van der Waals surface area (Å²) in [4.78, 5) is 25.3. The van der Waals surface area contributed by atoms with Gasteiger partial charge in [0.15, 0.2) is 17.3 Å². The van der Waals surface area contributed by atoms with Crippen molar-refractivity contribution in [2.75, 3.05) is 26.6 Å². The van der Waals surface area contributed by atoms with Crippen molar-refractivity contribution >= 4 is 29.0 Å². The fraction of sp³-hybridized carbons (Fsp3) is 0.200. The van der Waals surface area contributed by atoms with E-state index < -0.39 is 5.91 Å². The number of Topliss-reactive ketones (excluding diaryl/α,β-unsaturated/α-hetero) is 1. The maximum atomic E-state index is 13.2. The minimum absolute atomic E-state index is 0.0894. The van der Waals surface area contributed by atoms with Gasteiger partial charge in [-0.2, -0.15) is 0 Å². The van der Waals surface area contributed by atoms with Crippen LogP contribution in [0.3, 0.4) is 0 Å². The molecule has 7 heteroatoms. The number of hydrogen-bond donors (Lipinski definition) is 1. The average Bonchev–Trinajstić information content (AvgIpc) is 2.79. The average molecular weight is 454 g/mol. The molecular formula is C25H24ClNO5. The molecule has 1 N–H and O–H groups in total. The standard InChI is InChI=1S/C25H24ClNO5/c1-14-10-20(16-6-8-18(26)9-7-16)21(13-19(14)15(2)28)27-25(29)17-11-22(30-3)24(32-5)23(12-17)31-4/h6-13H,1-5H3,(H,27,29). The Morgan fingerprint density at radius 3 is 1.97 bits per heavy atom. The summed E-state index contributed by atoms with van der Waals surface area (Å²) in [6.07, 6.45) is 0. The van der Waals surface area contributed by atoms with Gasteiger partial charge in [0.1, 0.15) is 0 Å². The molecule has 0 atom stereocenters. The zero-order valence-corrected chi connectivity index (χ0v) is 19.3. The summed E-state index contributed by atoms with van der Waals surface area (Å²) in [6, 6.07) is 14.0. The Hall–Kier alpha value is -3.51. The third kappa shape index (κ3) is 4.70. The van der Waals surface area contributed by atoms with Gasteiger partial charge >= 0.3 is 0 Å². The van der Waals surface area contributed by atoms with Gasteiger partial charge in [0, 0.05) is 27.4 Å². The van der Waals surface area contributed by atoms with E-state index in [1.165, 1.54) is 28.3 Å². The van der Waals surface area contributed by atoms with E-state index in [9.17, 15) is 9.59 Å². The van der Waals surface area contributed by atoms with Crippen molar-refractivity contribution in [3.05, 3.63) is 70.2 Å². The predicted molar refractivity (Wildman–Crippen MR) is 126 cm³/mol. The van der Waals surface area contributed by atoms with Crippen LogP contribution >= 0.6 is 11.6 Å². The molecule has 0 bridgehead atoms. The van der Waals surface area contributed by atoms with E-state index in [1.807, 2.05) is 25.1 Å². The van der Waals surface area contributed by atoms with E-state index in [4.69, 9.17) is 25.8 Å². The fourth-order valence-electron chi connectivity index (χ4n) is 3.47. The molecule has 1 amide bonds. The smallest absolute Gasteiger partial charge is 0.255 e. The van der Waals surface area contributed by atoms with Crippen molar-refractivity contribution in [3.8, 4) is 28.4 Å². The number of carbonyl (C=O) groups excluding carboxylic acids is 2. The summed E-state index contributed by atoms with van der Waals surface area (Å²) >= 11 is 6.03. The fourth-order valence-corrected chi connectivity index (χ4v) is 3.59. The highest BCUT2D eigenvalue weighted by atomic mass is 35.5. The number of ketones is 1. The zero-order valence-electron chi connectivity index (χ0n) is 18.5. The Morgan fingerprint density at radius 2 is 1.47 bits per heavy atom. The number of rotatable bonds is 7. The molecule has 3 rings (SSSR count). The van der Waals surface area contributed by atoms with Crippen LogP contribution < -0.4 is 19.5 Å². The highest BCUT2D eigenvalue weighted by Crippen LogP contribution is 2.39. The summed E-state index contributed by atoms with van der Waals surface area (Å²) in [6.45, 7) is 3.36. The minimum atomic E-state index is -0.391. The summed E-state index contributed by atoms with van der Waals surface area (Å²) in [7, 11) is 4.46. The Balaban J connectivity index is 2.09. The number of amides is 1. The molecule has 0 spiro atoms. The molecule has 0 heterocycles. The zero-order chi connectivity index (χ0) is 23.4. The predicted octanol–water partition coefficient (Wildman–Crippen LogP) is 5.80. The first-order chi connectivity index (χ1) is 15.3. The van der Waals surface area contributed by atoms with Gasteiger partial charge in [-0.05, 0) is 61.4 Å². The molecule has 0 aliphatic heterocycles. The van der Waals surface area contributed by atoms with Gasteiger partial charge in [0.05, 0.1) is 21.3 Å². The number of aryl methyl sites for hydroxylation is 1. The third-order valence-electron chi connectivity index (χ3n) is 5.07. The largest absolute Gasteiger partial charge is 0.493 e. The van der Waals surface area contributed by atoms with Crippen molar-refractivity contribution in [1.82, 2.24) is 0 Å². The number of benzene rings is 3. The first-order valence-electron chi connectivity index (χ1n) is 9.82. The van der Waals surface area contributed by atoms with Crippen molar-refractivity contribution in [2.45, 2.75) is 13.8 Å². The van der Waals surface area contributed by atoms with Gasteiger partial charge in [-0.25, -0.2) is 0 Å². The monoisotopic (exact) mass is 453 g/mol. The molecule has 166 valence electrons. The number of ether oxygens (including phenoxy) is 3. The van der Waals surface area contributed by atoms with E-state index >= 15 is 0 Å². The lowest BCUT2D eigenvalue weighted by molar-refractivity contribution is 0.101. The second-order valence-corrected chi connectivity index (χ2v) is 7.58. The number of anilines is 1. The second kappa shape index (κ2) is 9.75. The molecule has 3 aromatic rings. The normalized spacial score (nSPS) is 10.4. The van der Waals surface area contributed by atoms with E-state index in [2.05, 4.69) is 5.32 Å². The SMILES string of the molecule is COc1cc(C(=O)Nc2cc(C(C)=O)c(C)cc2-c2ccc(Cl)cc2)cc(OC)c1OC. The first kappa shape index (κ1) is 23.2. The Morgan fingerprint density at radius 1 is 0.875 bits per heavy atom. The first-order valence-corrected chi connectivity index (χ1v) is 10.2. The van der Waals surface area contributed by atoms with Crippen LogP contribution in [0.4, 0.5) is 5.69 Å². The van der Waals surface area contributed by atoms with E-state index in [1.54, 1.807) is 30.3 Å². The molecule has 0 aliphatic rings. The van der Waals surface area contributed by atoms with Gasteiger partial charge in [-0.1, -0.05) is 23.7 Å². The van der Waals surface area contributed by atoms with Crippen LogP contribution in [0.15, 0.2) is 48.5 Å². The molecule has 0 fully saturated rings. The van der Waals surface area contributed by atoms with Crippen LogP contribution in [0.5, 0.6) is 17.2 Å². The molecular weight excluding hydrogens is 430 g/mol. The van der Waals surface area contributed by atoms with Crippen LogP contribution in [-0.2, 0) is 0 Å². The summed E-state index contributed by atoms with van der Waals surface area (Å²) in [5.41, 5.74) is 3.78. The topological polar surface area (TPSA) is 73.9 Å². The Kier molecular flexibility index (Phi) is 7.05. The lowest BCUT2D eigenvalue weighted by Gasteiger charge is -2.17. The molecule has 6 nitrogen and oxygen atoms in total. The third-order valence-corrected chi connectivity index (χ3v) is 5.33. The molecule has 0 aromatic heterocycles. The molecule has 0 unspecified atom stereocenters. The molecule has 0 radical (unpaired) electrons. The van der Waals surface area contributed by atoms with Crippen LogP contribution in [0.2, 0.25) is 5.02 Å². The van der Waals surface area contributed by atoms with Crippen molar-refractivity contribution in [3.63, 3.8) is 0 Å². The maximum absolute atomic E-state index is 13.2. The lowest BCUT2D eigenvalue weighted by Crippen LogP contribution is -2.14. The number of carbonyl (C=O) groups is 2. The second-order valence-electron chi connectivity index (χ2n) is 7.14. The number of nitrogens with one attached hydrogen (secondary N) is 1. The Labute approximate surface area is 192 Å². The quantitative estimate of drug-likeness (QED) is 0.458. The van der Waals surface area contributed by atoms with E-state index in [-0.39, 0.29) is 5.78 Å². The maximum Gasteiger partial charge on any atom is 0.255 e. The van der Waals surface area contributed by atoms with Crippen LogP contribution in [-0.4, -0.2) is 33.0 Å². The van der Waals surface area contributed by atoms with Gasteiger partial charge < -0.3 is 19.5 Å². The molecule has 3 aromatic carbocycles. The summed E-state index contributed by atoms with van der Waals surface area (Å²) in [5.74, 6) is 0.639. The summed E-state index contributed by atoms with van der Waals surface area (Å²) in [5, 5.41) is 3.53. The highest BCUT2D eigenvalue weighted by molar-refractivity contribution is 6.30. The lowest BCUT2D eigenvalue weighted by atomic mass is 9.96. The Bertz CT molecular complexity index is 1150. The van der Waals surface area contributed by atoms with Crippen LogP contribution in [0.25, 0.3) is 11.1 Å². The summed E-state index contributed by atoms with van der Waals surface area (Å²) < 4.78 is 16.0. The van der Waals surface area contributed by atoms with Crippen molar-refractivity contribution in [2.24, 2.45) is 0 Å². The van der Waals surface area contributed by atoms with Gasteiger partial charge in [-0.15, -0.1) is 0 Å². The molecule has 0 saturated carbocycles. The van der Waals surface area contributed by atoms with E-state index in [0.717, 1.165) is 16.7 Å². The highest BCUT2D eigenvalue weighted by Gasteiger charge is 2.19. The van der Waals surface area contributed by atoms with Crippen molar-refractivity contribution in [1.29, 1.82) is 0 Å². The van der Waals surface area contributed by atoms with Crippen molar-refractivity contribution < 1.29 is 23.8 Å². The number of methoxy groups -OCH3 is 3. The van der Waals surface area contributed by atoms with E-state index in [0.29, 0.717) is 39.1 Å². The van der Waals surface area contributed by atoms with Gasteiger partial charge in [0.25, 0.3) is 5.91 Å². The minimum Gasteiger partial charge on any atom is -0.493 e. The number of hydrogen-bond acceptors (Lipinski definition) is 5. The van der Waals surface area contributed by atoms with Crippen LogP contribution in [0, 0.1) is 6.92 Å². The van der Waals surface area contributed by atoms with Gasteiger partial charge in [0.2, 0.25) is 5.75 Å². The van der Waals surface area contributed by atoms with Gasteiger partial charge in [-0.3, -0.25) is 9.59 Å². The van der Waals surface area contributed by atoms with Crippen LogP contribution in [0.1, 0.15) is 33.2 Å². The molecule has 32 heavy (non-hydrogen) atoms. The molecule has 0 aliphatic carbocycles. The molecule has 0 saturated heterocycles. The number of halogens is 1.